The molecule has 0 saturated carbocycles. The van der Waals surface area contributed by atoms with Crippen molar-refractivity contribution in [1.82, 2.24) is 19.8 Å². The second-order valence-corrected chi connectivity index (χ2v) is 9.41. The number of imide groups is 1. The van der Waals surface area contributed by atoms with E-state index in [1.165, 1.54) is 16.8 Å². The molecule has 1 aromatic heterocycles. The molecular formula is C23H18ClF3N4O3S. The molecule has 12 heteroatoms. The van der Waals surface area contributed by atoms with Crippen LogP contribution in [0.15, 0.2) is 47.5 Å². The van der Waals surface area contributed by atoms with E-state index in [1.54, 1.807) is 35.5 Å². The summed E-state index contributed by atoms with van der Waals surface area (Å²) in [5.41, 5.74) is 0.549. The lowest BCUT2D eigenvalue weighted by Gasteiger charge is -2.31. The van der Waals surface area contributed by atoms with E-state index < -0.39 is 11.7 Å². The number of nitrogens with zero attached hydrogens (tertiary/aromatic N) is 4. The van der Waals surface area contributed by atoms with E-state index in [9.17, 15) is 22.8 Å². The highest BCUT2D eigenvalue weighted by Gasteiger charge is 2.39. The van der Waals surface area contributed by atoms with Crippen molar-refractivity contribution in [2.75, 3.05) is 26.3 Å². The first-order valence-electron chi connectivity index (χ1n) is 10.6. The van der Waals surface area contributed by atoms with Crippen LogP contribution in [0.3, 0.4) is 0 Å². The third-order valence-corrected chi connectivity index (χ3v) is 6.80. The zero-order chi connectivity index (χ0) is 24.7. The summed E-state index contributed by atoms with van der Waals surface area (Å²) < 4.78 is 47.1. The number of amides is 2. The van der Waals surface area contributed by atoms with Crippen LogP contribution in [0, 0.1) is 0 Å². The maximum atomic E-state index is 13.5. The summed E-state index contributed by atoms with van der Waals surface area (Å²) in [5.74, 6) is -0.389. The molecule has 2 aliphatic rings. The number of ether oxygens (including phenoxy) is 1. The second kappa shape index (κ2) is 9.30. The molecule has 5 rings (SSSR count). The van der Waals surface area contributed by atoms with Gasteiger partial charge < -0.3 is 4.74 Å². The number of alkyl halides is 3. The van der Waals surface area contributed by atoms with E-state index in [0.717, 1.165) is 22.8 Å². The first-order chi connectivity index (χ1) is 16.7. The highest BCUT2D eigenvalue weighted by Crippen LogP contribution is 2.35. The average molecular weight is 523 g/mol. The number of benzene rings is 2. The van der Waals surface area contributed by atoms with Gasteiger partial charge in [0.05, 0.1) is 41.9 Å². The number of hydrogen-bond acceptors (Lipinski definition) is 6. The van der Waals surface area contributed by atoms with Crippen molar-refractivity contribution in [2.24, 2.45) is 0 Å². The predicted octanol–water partition coefficient (Wildman–Crippen LogP) is 5.04. The summed E-state index contributed by atoms with van der Waals surface area (Å²) in [6.07, 6.45) is -1.36. The monoisotopic (exact) mass is 522 g/mol. The van der Waals surface area contributed by atoms with Crippen LogP contribution >= 0.6 is 23.4 Å². The van der Waals surface area contributed by atoms with E-state index in [4.69, 9.17) is 16.3 Å². The van der Waals surface area contributed by atoms with Gasteiger partial charge >= 0.3 is 11.4 Å². The predicted molar refractivity (Wildman–Crippen MR) is 125 cm³/mol. The summed E-state index contributed by atoms with van der Waals surface area (Å²) in [6.45, 7) is 1.72. The van der Waals surface area contributed by atoms with Crippen LogP contribution in [0.25, 0.3) is 17.0 Å². The van der Waals surface area contributed by atoms with Gasteiger partial charge in [0.15, 0.2) is 0 Å². The summed E-state index contributed by atoms with van der Waals surface area (Å²) in [5, 5.41) is 7.42. The van der Waals surface area contributed by atoms with Crippen molar-refractivity contribution in [1.29, 1.82) is 0 Å². The van der Waals surface area contributed by atoms with Crippen LogP contribution in [0.1, 0.15) is 16.7 Å². The number of halogens is 4. The molecule has 0 radical (unpaired) electrons. The Hall–Kier alpha value is -2.86. The van der Waals surface area contributed by atoms with Crippen LogP contribution in [-0.2, 0) is 22.3 Å². The topological polar surface area (TPSA) is 67.7 Å². The minimum Gasteiger partial charge on any atom is -0.379 e. The number of hydrazine groups is 1. The Morgan fingerprint density at radius 3 is 2.63 bits per heavy atom. The molecule has 2 amide bonds. The fourth-order valence-corrected chi connectivity index (χ4v) is 5.06. The van der Waals surface area contributed by atoms with Crippen molar-refractivity contribution in [3.8, 4) is 0 Å². The van der Waals surface area contributed by atoms with Crippen LogP contribution in [0.2, 0.25) is 5.02 Å². The first-order valence-corrected chi connectivity index (χ1v) is 11.8. The minimum absolute atomic E-state index is 0.00840. The van der Waals surface area contributed by atoms with Gasteiger partial charge in [0.2, 0.25) is 0 Å². The maximum Gasteiger partial charge on any atom is 0.416 e. The molecule has 3 aromatic rings. The number of fused-ring (bicyclic) bond motifs is 1. The van der Waals surface area contributed by atoms with E-state index in [1.807, 2.05) is 0 Å². The van der Waals surface area contributed by atoms with Crippen LogP contribution in [-0.4, -0.2) is 57.2 Å². The maximum absolute atomic E-state index is 13.5. The molecule has 0 N–H and O–H groups in total. The van der Waals surface area contributed by atoms with Gasteiger partial charge in [-0.25, -0.2) is 5.01 Å². The molecule has 2 saturated heterocycles. The molecule has 2 aromatic carbocycles. The highest BCUT2D eigenvalue weighted by molar-refractivity contribution is 8.18. The molecule has 0 bridgehead atoms. The van der Waals surface area contributed by atoms with Crippen molar-refractivity contribution >= 4 is 51.5 Å². The van der Waals surface area contributed by atoms with Crippen LogP contribution < -0.4 is 0 Å². The molecular weight excluding hydrogens is 505 g/mol. The zero-order valence-electron chi connectivity index (χ0n) is 18.1. The molecule has 0 atom stereocenters. The number of aromatic nitrogens is 2. The summed E-state index contributed by atoms with van der Waals surface area (Å²) >= 11 is 6.64. The lowest BCUT2D eigenvalue weighted by atomic mass is 10.1. The third-order valence-electron chi connectivity index (χ3n) is 5.70. The average Bonchev–Trinajstić information content (AvgIpc) is 3.34. The summed E-state index contributed by atoms with van der Waals surface area (Å²) in [4.78, 5) is 25.6. The molecule has 0 spiro atoms. The van der Waals surface area contributed by atoms with Gasteiger partial charge in [0, 0.05) is 23.5 Å². The Kier molecular flexibility index (Phi) is 6.34. The number of hydrogen-bond donors (Lipinski definition) is 0. The minimum atomic E-state index is -4.54. The van der Waals surface area contributed by atoms with Gasteiger partial charge in [-0.15, -0.1) is 0 Å². The smallest absolute Gasteiger partial charge is 0.379 e. The fraction of sp³-hybridized carbons (Fsp3) is 0.261. The van der Waals surface area contributed by atoms with Crippen LogP contribution in [0.4, 0.5) is 18.0 Å². The number of carbonyl (C=O) groups excluding carboxylic acids is 2. The SMILES string of the molecule is O=C1SC(=Cc2ccc3c(cnn3Cc3ccc(Cl)cc3C(F)(F)F)c2)C(=O)N1N1CCOCC1. The lowest BCUT2D eigenvalue weighted by molar-refractivity contribution is -0.140. The molecule has 2 aliphatic heterocycles. The third kappa shape index (κ3) is 4.81. The van der Waals surface area contributed by atoms with Gasteiger partial charge in [-0.3, -0.25) is 14.3 Å². The molecule has 7 nitrogen and oxygen atoms in total. The first kappa shape index (κ1) is 23.9. The molecule has 182 valence electrons. The van der Waals surface area contributed by atoms with Crippen LogP contribution in [0.5, 0.6) is 0 Å². The van der Waals surface area contributed by atoms with Crippen molar-refractivity contribution in [2.45, 2.75) is 12.7 Å². The van der Waals surface area contributed by atoms with E-state index >= 15 is 0 Å². The summed E-state index contributed by atoms with van der Waals surface area (Å²) in [7, 11) is 0. The number of morpholine rings is 1. The normalized spacial score (nSPS) is 18.9. The number of rotatable bonds is 4. The Bertz CT molecular complexity index is 1350. The number of carbonyl (C=O) groups is 2. The van der Waals surface area contributed by atoms with Gasteiger partial charge in [0.1, 0.15) is 0 Å². The molecule has 0 aliphatic carbocycles. The standard InChI is InChI=1S/C23H18ClF3N4O3S/c24-17-3-2-15(18(11-17)23(25,26)27)13-30-19-4-1-14(9-16(19)12-28-30)10-20-21(32)31(22(33)35-20)29-5-7-34-8-6-29/h1-4,9-12H,5-8,13H2. The molecule has 2 fully saturated rings. The lowest BCUT2D eigenvalue weighted by Crippen LogP contribution is -2.50. The van der Waals surface area contributed by atoms with Gasteiger partial charge in [0.25, 0.3) is 5.91 Å². The van der Waals surface area contributed by atoms with E-state index in [2.05, 4.69) is 5.10 Å². The Balaban J connectivity index is 1.40. The van der Waals surface area contributed by atoms with Gasteiger partial charge in [-0.05, 0) is 53.2 Å². The Morgan fingerprint density at radius 1 is 1.11 bits per heavy atom. The zero-order valence-corrected chi connectivity index (χ0v) is 19.7. The molecule has 3 heterocycles. The second-order valence-electron chi connectivity index (χ2n) is 7.98. The number of thioether (sulfide) groups is 1. The molecule has 35 heavy (non-hydrogen) atoms. The van der Waals surface area contributed by atoms with Crippen molar-refractivity contribution < 1.29 is 27.5 Å². The van der Waals surface area contributed by atoms with Gasteiger partial charge in [-0.2, -0.15) is 23.3 Å². The van der Waals surface area contributed by atoms with Crippen molar-refractivity contribution in [3.05, 3.63) is 69.2 Å². The summed E-state index contributed by atoms with van der Waals surface area (Å²) in [6, 6.07) is 8.90. The van der Waals surface area contributed by atoms with Gasteiger partial charge in [-0.1, -0.05) is 23.7 Å². The largest absolute Gasteiger partial charge is 0.416 e. The van der Waals surface area contributed by atoms with E-state index in [-0.39, 0.29) is 28.3 Å². The Morgan fingerprint density at radius 2 is 1.89 bits per heavy atom. The Labute approximate surface area is 207 Å². The highest BCUT2D eigenvalue weighted by atomic mass is 35.5. The quantitative estimate of drug-likeness (QED) is 0.447. The molecule has 0 unspecified atom stereocenters. The van der Waals surface area contributed by atoms with Crippen molar-refractivity contribution in [3.63, 3.8) is 0 Å². The fourth-order valence-electron chi connectivity index (χ4n) is 4.04. The van der Waals surface area contributed by atoms with E-state index in [0.29, 0.717) is 47.7 Å².